The van der Waals surface area contributed by atoms with E-state index in [1.807, 2.05) is 0 Å². The van der Waals surface area contributed by atoms with Gasteiger partial charge in [-0.05, 0) is 31.3 Å². The number of nitrogens with zero attached hydrogens (tertiary/aromatic N) is 1. The number of carboxylic acid groups (broad SMARTS) is 1. The second kappa shape index (κ2) is 7.14. The predicted octanol–water partition coefficient (Wildman–Crippen LogP) is -0.902. The Balaban J connectivity index is 1.71. The van der Waals surface area contributed by atoms with E-state index < -0.39 is 25.2 Å². The number of fused-ring (bicyclic) bond motifs is 1. The number of aromatic carboxylic acids is 1. The summed E-state index contributed by atoms with van der Waals surface area (Å²) >= 11 is 0. The number of likely N-dealkylation sites (tertiary alicyclic amines) is 1. The highest BCUT2D eigenvalue weighted by Gasteiger charge is 2.37. The summed E-state index contributed by atoms with van der Waals surface area (Å²) in [7, 11) is -1.05. The molecule has 0 spiro atoms. The van der Waals surface area contributed by atoms with Gasteiger partial charge in [-0.3, -0.25) is 4.79 Å². The van der Waals surface area contributed by atoms with E-state index in [0.717, 1.165) is 0 Å². The molecule has 2 aliphatic heterocycles. The summed E-state index contributed by atoms with van der Waals surface area (Å²) in [5.74, 6) is -1.34. The lowest BCUT2D eigenvalue weighted by atomic mass is 9.78. The molecule has 1 saturated heterocycles. The molecule has 0 radical (unpaired) electrons. The fraction of sp³-hybridized carbons (Fsp3) is 0.500. The van der Waals surface area contributed by atoms with Gasteiger partial charge >= 0.3 is 13.1 Å². The number of carbonyl (C=O) groups is 2. The fourth-order valence-corrected chi connectivity index (χ4v) is 3.00. The molecule has 26 heavy (non-hydrogen) atoms. The summed E-state index contributed by atoms with van der Waals surface area (Å²) in [4.78, 5) is 25.1. The molecule has 2 heterocycles. The zero-order valence-electron chi connectivity index (χ0n) is 14.3. The monoisotopic (exact) mass is 364 g/mol. The highest BCUT2D eigenvalue weighted by molar-refractivity contribution is 6.44. The molecule has 0 saturated carbocycles. The highest BCUT2D eigenvalue weighted by Crippen LogP contribution is 2.37. The first-order chi connectivity index (χ1) is 12.3. The van der Waals surface area contributed by atoms with Crippen LogP contribution in [0.5, 0.6) is 11.5 Å². The first-order valence-electron chi connectivity index (χ1n) is 8.41. The molecule has 10 heteroatoms. The minimum Gasteiger partial charge on any atom is -0.535 e. The molecule has 1 fully saturated rings. The average Bonchev–Trinajstić information content (AvgIpc) is 2.55. The van der Waals surface area contributed by atoms with Gasteiger partial charge in [-0.25, -0.2) is 4.79 Å². The predicted molar refractivity (Wildman–Crippen MR) is 91.2 cm³/mol. The minimum atomic E-state index is -1.21. The summed E-state index contributed by atoms with van der Waals surface area (Å²) in [5.41, 5.74) is 6.19. The molecule has 140 valence electrons. The Morgan fingerprint density at radius 1 is 1.42 bits per heavy atom. The second-order valence-corrected chi connectivity index (χ2v) is 6.59. The molecule has 2 atom stereocenters. The van der Waals surface area contributed by atoms with Crippen LogP contribution in [0, 0.1) is 0 Å². The quantitative estimate of drug-likeness (QED) is 0.492. The maximum atomic E-state index is 12.0. The van der Waals surface area contributed by atoms with Gasteiger partial charge in [-0.1, -0.05) is 6.07 Å². The lowest BCUT2D eigenvalue weighted by molar-refractivity contribution is -0.143. The van der Waals surface area contributed by atoms with Crippen LogP contribution in [0.4, 0.5) is 0 Å². The molecule has 0 bridgehead atoms. The van der Waals surface area contributed by atoms with E-state index in [4.69, 9.17) is 15.1 Å². The van der Waals surface area contributed by atoms with Gasteiger partial charge in [0.2, 0.25) is 5.91 Å². The van der Waals surface area contributed by atoms with Crippen molar-refractivity contribution in [3.8, 4) is 11.5 Å². The van der Waals surface area contributed by atoms with E-state index in [0.29, 0.717) is 18.3 Å². The van der Waals surface area contributed by atoms with Crippen molar-refractivity contribution in [1.29, 1.82) is 0 Å². The minimum absolute atomic E-state index is 0.122. The van der Waals surface area contributed by atoms with Gasteiger partial charge in [0.1, 0.15) is 29.2 Å². The largest absolute Gasteiger partial charge is 0.535 e. The molecule has 1 aromatic carbocycles. The molecule has 0 aromatic heterocycles. The van der Waals surface area contributed by atoms with Gasteiger partial charge in [-0.2, -0.15) is 0 Å². The maximum absolute atomic E-state index is 12.0. The molecule has 2 aliphatic rings. The van der Waals surface area contributed by atoms with Crippen LogP contribution in [0.25, 0.3) is 0 Å². The first kappa shape index (κ1) is 18.5. The molecule has 1 aromatic rings. The standard InChI is InChI=1S/C16H21BN2O7/c1-8(20)13(18)15(21)19-6-10(7-19)25-11-3-2-9-4-5-17(24)26-14(9)12(11)16(22)23/h2-3,8,10,13,20,24H,4-7,18H2,1H3,(H,22,23)/t8?,13-/m1/s1. The van der Waals surface area contributed by atoms with Gasteiger partial charge in [0.25, 0.3) is 0 Å². The van der Waals surface area contributed by atoms with Crippen LogP contribution >= 0.6 is 0 Å². The third kappa shape index (κ3) is 3.48. The number of carbonyl (C=O) groups excluding carboxylic acids is 1. The fourth-order valence-electron chi connectivity index (χ4n) is 3.00. The average molecular weight is 364 g/mol. The number of aryl methyl sites for hydroxylation is 1. The van der Waals surface area contributed by atoms with Gasteiger partial charge in [0, 0.05) is 0 Å². The zero-order valence-corrected chi connectivity index (χ0v) is 14.3. The number of aliphatic hydroxyl groups excluding tert-OH is 1. The Labute approximate surface area is 150 Å². The maximum Gasteiger partial charge on any atom is 0.522 e. The smallest absolute Gasteiger partial charge is 0.522 e. The van der Waals surface area contributed by atoms with Crippen LogP contribution in [-0.4, -0.2) is 70.5 Å². The summed E-state index contributed by atoms with van der Waals surface area (Å²) in [5, 5.41) is 28.6. The van der Waals surface area contributed by atoms with Crippen molar-refractivity contribution in [3.63, 3.8) is 0 Å². The summed E-state index contributed by atoms with van der Waals surface area (Å²) in [6.45, 7) is 1.94. The van der Waals surface area contributed by atoms with Crippen molar-refractivity contribution in [1.82, 2.24) is 4.90 Å². The van der Waals surface area contributed by atoms with Gasteiger partial charge in [0.05, 0.1) is 19.2 Å². The second-order valence-electron chi connectivity index (χ2n) is 6.59. The number of ether oxygens (including phenoxy) is 1. The highest BCUT2D eigenvalue weighted by atomic mass is 16.5. The topological polar surface area (TPSA) is 143 Å². The van der Waals surface area contributed by atoms with E-state index >= 15 is 0 Å². The third-order valence-electron chi connectivity index (χ3n) is 4.59. The van der Waals surface area contributed by atoms with Crippen LogP contribution in [0.2, 0.25) is 6.32 Å². The lowest BCUT2D eigenvalue weighted by Crippen LogP contribution is -2.61. The van der Waals surface area contributed by atoms with E-state index in [-0.39, 0.29) is 42.2 Å². The Bertz CT molecular complexity index is 721. The number of rotatable bonds is 5. The molecular formula is C16H21BN2O7. The molecule has 5 N–H and O–H groups in total. The molecule has 9 nitrogen and oxygen atoms in total. The van der Waals surface area contributed by atoms with Crippen molar-refractivity contribution >= 4 is 19.0 Å². The molecule has 0 aliphatic carbocycles. The number of carboxylic acids is 1. The van der Waals surface area contributed by atoms with Gasteiger partial charge in [0.15, 0.2) is 0 Å². The van der Waals surface area contributed by atoms with Crippen LogP contribution in [0.15, 0.2) is 12.1 Å². The van der Waals surface area contributed by atoms with Crippen molar-refractivity contribution in [2.45, 2.75) is 37.9 Å². The van der Waals surface area contributed by atoms with E-state index in [9.17, 15) is 24.8 Å². The number of hydrogen-bond acceptors (Lipinski definition) is 7. The summed E-state index contributed by atoms with van der Waals surface area (Å²) < 4.78 is 11.0. The summed E-state index contributed by atoms with van der Waals surface area (Å²) in [6.07, 6.45) is -0.426. The van der Waals surface area contributed by atoms with Crippen molar-refractivity contribution in [2.75, 3.05) is 13.1 Å². The Morgan fingerprint density at radius 2 is 2.12 bits per heavy atom. The van der Waals surface area contributed by atoms with Gasteiger partial charge in [-0.15, -0.1) is 0 Å². The first-order valence-corrected chi connectivity index (χ1v) is 8.41. The zero-order chi connectivity index (χ0) is 19.0. The van der Waals surface area contributed by atoms with Crippen LogP contribution in [-0.2, 0) is 11.2 Å². The van der Waals surface area contributed by atoms with E-state index in [1.54, 1.807) is 12.1 Å². The number of aliphatic hydroxyl groups is 1. The summed E-state index contributed by atoms with van der Waals surface area (Å²) in [6, 6.07) is 2.28. The number of amides is 1. The molecule has 3 rings (SSSR count). The van der Waals surface area contributed by atoms with E-state index in [1.165, 1.54) is 11.8 Å². The van der Waals surface area contributed by atoms with E-state index in [2.05, 4.69) is 0 Å². The Hall–Kier alpha value is -2.30. The Morgan fingerprint density at radius 3 is 2.73 bits per heavy atom. The number of benzene rings is 1. The third-order valence-corrected chi connectivity index (χ3v) is 4.59. The van der Waals surface area contributed by atoms with Crippen molar-refractivity contribution < 1.29 is 34.2 Å². The molecular weight excluding hydrogens is 343 g/mol. The van der Waals surface area contributed by atoms with Crippen LogP contribution < -0.4 is 15.1 Å². The van der Waals surface area contributed by atoms with Crippen LogP contribution in [0.1, 0.15) is 22.8 Å². The van der Waals surface area contributed by atoms with Crippen molar-refractivity contribution in [3.05, 3.63) is 23.3 Å². The number of nitrogens with two attached hydrogens (primary N) is 1. The lowest BCUT2D eigenvalue weighted by Gasteiger charge is -2.40. The molecule has 1 amide bonds. The normalized spacial score (nSPS) is 19.1. The molecule has 1 unspecified atom stereocenters. The number of hydrogen-bond donors (Lipinski definition) is 4. The van der Waals surface area contributed by atoms with Crippen molar-refractivity contribution in [2.24, 2.45) is 5.73 Å². The van der Waals surface area contributed by atoms with Gasteiger partial charge < -0.3 is 35.3 Å². The Kier molecular flexibility index (Phi) is 5.08. The van der Waals surface area contributed by atoms with Crippen LogP contribution in [0.3, 0.4) is 0 Å². The SMILES string of the molecule is CC(O)[C@@H](N)C(=O)N1CC(Oc2ccc3c(c2C(=O)O)OB(O)CC3)C1.